The van der Waals surface area contributed by atoms with E-state index in [0.717, 1.165) is 5.56 Å². The Labute approximate surface area is 163 Å². The Balaban J connectivity index is 1.89. The van der Waals surface area contributed by atoms with Gasteiger partial charge >= 0.3 is 5.97 Å². The number of aryl methyl sites for hydroxylation is 3. The van der Waals surface area contributed by atoms with E-state index >= 15 is 0 Å². The molecular weight excluding hydrogens is 362 g/mol. The van der Waals surface area contributed by atoms with Crippen molar-refractivity contribution in [1.29, 1.82) is 0 Å². The number of carbonyl (C=O) groups excluding carboxylic acids is 1. The molecule has 0 aliphatic carbocycles. The highest BCUT2D eigenvalue weighted by Crippen LogP contribution is 2.24. The van der Waals surface area contributed by atoms with Crippen LogP contribution in [0.5, 0.6) is 11.5 Å². The molecule has 0 aromatic heterocycles. The number of aliphatic hydroxyl groups excluding tert-OH is 1. The number of carboxylic acid groups (broad SMARTS) is 1. The van der Waals surface area contributed by atoms with Gasteiger partial charge in [0.15, 0.2) is 6.61 Å². The lowest BCUT2D eigenvalue weighted by molar-refractivity contribution is -0.139. The van der Waals surface area contributed by atoms with E-state index < -0.39 is 18.7 Å². The smallest absolute Gasteiger partial charge is 0.341 e. The molecule has 28 heavy (non-hydrogen) atoms. The van der Waals surface area contributed by atoms with Crippen LogP contribution in [0.15, 0.2) is 36.4 Å². The van der Waals surface area contributed by atoms with Crippen LogP contribution in [0.2, 0.25) is 0 Å². The van der Waals surface area contributed by atoms with Crippen LogP contribution in [0.3, 0.4) is 0 Å². The maximum Gasteiger partial charge on any atom is 0.341 e. The zero-order valence-corrected chi connectivity index (χ0v) is 16.2. The van der Waals surface area contributed by atoms with Crippen LogP contribution < -0.4 is 14.8 Å². The molecule has 7 nitrogen and oxygen atoms in total. The predicted molar refractivity (Wildman–Crippen MR) is 104 cm³/mol. The molecule has 0 saturated carbocycles. The fourth-order valence-electron chi connectivity index (χ4n) is 2.71. The fraction of sp³-hybridized carbons (Fsp3) is 0.333. The summed E-state index contributed by atoms with van der Waals surface area (Å²) in [5, 5.41) is 21.4. The second-order valence-corrected chi connectivity index (χ2v) is 6.61. The lowest BCUT2D eigenvalue weighted by atomic mass is 10.0. The van der Waals surface area contributed by atoms with Crippen molar-refractivity contribution in [1.82, 2.24) is 5.32 Å². The first-order chi connectivity index (χ1) is 13.3. The van der Waals surface area contributed by atoms with Crippen molar-refractivity contribution in [3.05, 3.63) is 58.7 Å². The molecule has 0 spiro atoms. The first-order valence-electron chi connectivity index (χ1n) is 8.88. The average molecular weight is 387 g/mol. The quantitative estimate of drug-likeness (QED) is 0.610. The average Bonchev–Trinajstić information content (AvgIpc) is 2.63. The SMILES string of the molecule is Cc1cccc(OCC(O)CNC(=O)c2cc(C)c(OCC(=O)O)c(C)c2)c1. The molecule has 2 aromatic rings. The molecule has 0 fully saturated rings. The fourth-order valence-corrected chi connectivity index (χ4v) is 2.71. The molecule has 150 valence electrons. The second-order valence-electron chi connectivity index (χ2n) is 6.61. The summed E-state index contributed by atoms with van der Waals surface area (Å²) in [6.07, 6.45) is -0.857. The summed E-state index contributed by atoms with van der Waals surface area (Å²) in [5.41, 5.74) is 2.79. The molecule has 1 unspecified atom stereocenters. The van der Waals surface area contributed by atoms with Crippen molar-refractivity contribution in [3.63, 3.8) is 0 Å². The van der Waals surface area contributed by atoms with Gasteiger partial charge in [-0.15, -0.1) is 0 Å². The van der Waals surface area contributed by atoms with E-state index in [4.69, 9.17) is 14.6 Å². The van der Waals surface area contributed by atoms with Crippen LogP contribution in [0, 0.1) is 20.8 Å². The van der Waals surface area contributed by atoms with E-state index in [1.54, 1.807) is 32.0 Å². The summed E-state index contributed by atoms with van der Waals surface area (Å²) in [7, 11) is 0. The van der Waals surface area contributed by atoms with Gasteiger partial charge < -0.3 is 25.0 Å². The van der Waals surface area contributed by atoms with Crippen molar-refractivity contribution < 1.29 is 29.3 Å². The molecule has 1 amide bonds. The predicted octanol–water partition coefficient (Wildman–Crippen LogP) is 2.24. The number of amides is 1. The standard InChI is InChI=1S/C21H25NO6/c1-13-5-4-6-18(7-13)27-11-17(23)10-22-21(26)16-8-14(2)20(15(3)9-16)28-12-19(24)25/h4-9,17,23H,10-12H2,1-3H3,(H,22,26)(H,24,25). The van der Waals surface area contributed by atoms with E-state index in [2.05, 4.69) is 5.32 Å². The minimum absolute atomic E-state index is 0.0417. The molecule has 7 heteroatoms. The van der Waals surface area contributed by atoms with Crippen LogP contribution in [-0.4, -0.2) is 48.0 Å². The van der Waals surface area contributed by atoms with Crippen molar-refractivity contribution in [2.45, 2.75) is 26.9 Å². The molecule has 1 atom stereocenters. The maximum atomic E-state index is 12.4. The van der Waals surface area contributed by atoms with Crippen molar-refractivity contribution in [2.75, 3.05) is 19.8 Å². The molecule has 0 heterocycles. The zero-order valence-electron chi connectivity index (χ0n) is 16.2. The van der Waals surface area contributed by atoms with Gasteiger partial charge in [0, 0.05) is 12.1 Å². The molecule has 2 rings (SSSR count). The van der Waals surface area contributed by atoms with Gasteiger partial charge in [-0.2, -0.15) is 0 Å². The van der Waals surface area contributed by atoms with E-state index in [1.807, 2.05) is 25.1 Å². The van der Waals surface area contributed by atoms with Gasteiger partial charge in [0.2, 0.25) is 0 Å². The zero-order chi connectivity index (χ0) is 20.7. The molecule has 0 bridgehead atoms. The van der Waals surface area contributed by atoms with Gasteiger partial charge in [-0.05, 0) is 61.7 Å². The minimum Gasteiger partial charge on any atom is -0.491 e. The molecule has 3 N–H and O–H groups in total. The van der Waals surface area contributed by atoms with Crippen LogP contribution in [0.1, 0.15) is 27.0 Å². The van der Waals surface area contributed by atoms with Gasteiger partial charge in [0.25, 0.3) is 5.91 Å². The lowest BCUT2D eigenvalue weighted by Crippen LogP contribution is -2.35. The Bertz CT molecular complexity index is 826. The number of aliphatic hydroxyl groups is 1. The number of nitrogens with one attached hydrogen (secondary N) is 1. The number of hydrogen-bond donors (Lipinski definition) is 3. The van der Waals surface area contributed by atoms with Gasteiger partial charge in [0.05, 0.1) is 0 Å². The summed E-state index contributed by atoms with van der Waals surface area (Å²) in [6.45, 7) is 5.09. The first-order valence-corrected chi connectivity index (χ1v) is 8.88. The maximum absolute atomic E-state index is 12.4. The number of hydrogen-bond acceptors (Lipinski definition) is 5. The Morgan fingerprint density at radius 3 is 2.36 bits per heavy atom. The van der Waals surface area contributed by atoms with Crippen LogP contribution in [0.4, 0.5) is 0 Å². The third-order valence-electron chi connectivity index (χ3n) is 3.99. The number of ether oxygens (including phenoxy) is 2. The Morgan fingerprint density at radius 2 is 1.75 bits per heavy atom. The first kappa shape index (κ1) is 21.2. The van der Waals surface area contributed by atoms with Gasteiger partial charge in [0.1, 0.15) is 24.2 Å². The third kappa shape index (κ3) is 6.28. The van der Waals surface area contributed by atoms with Gasteiger partial charge in [-0.3, -0.25) is 4.79 Å². The molecule has 0 aliphatic heterocycles. The number of aliphatic carboxylic acids is 1. The van der Waals surface area contributed by atoms with Crippen molar-refractivity contribution >= 4 is 11.9 Å². The van der Waals surface area contributed by atoms with Crippen LogP contribution >= 0.6 is 0 Å². The number of carboxylic acids is 1. The summed E-state index contributed by atoms with van der Waals surface area (Å²) < 4.78 is 10.8. The largest absolute Gasteiger partial charge is 0.491 e. The van der Waals surface area contributed by atoms with Crippen molar-refractivity contribution in [3.8, 4) is 11.5 Å². The number of benzene rings is 2. The van der Waals surface area contributed by atoms with Gasteiger partial charge in [-0.25, -0.2) is 4.79 Å². The molecule has 0 aliphatic rings. The Kier molecular flexibility index (Phi) is 7.40. The highest BCUT2D eigenvalue weighted by Gasteiger charge is 2.14. The Hall–Kier alpha value is -3.06. The summed E-state index contributed by atoms with van der Waals surface area (Å²) in [5.74, 6) is -0.299. The van der Waals surface area contributed by atoms with Crippen LogP contribution in [0.25, 0.3) is 0 Å². The normalized spacial score (nSPS) is 11.6. The van der Waals surface area contributed by atoms with Crippen LogP contribution in [-0.2, 0) is 4.79 Å². The number of carbonyl (C=O) groups is 2. The highest BCUT2D eigenvalue weighted by molar-refractivity contribution is 5.95. The lowest BCUT2D eigenvalue weighted by Gasteiger charge is -2.15. The molecule has 0 radical (unpaired) electrons. The van der Waals surface area contributed by atoms with Crippen molar-refractivity contribution in [2.24, 2.45) is 0 Å². The highest BCUT2D eigenvalue weighted by atomic mass is 16.5. The molecular formula is C21H25NO6. The minimum atomic E-state index is -1.07. The van der Waals surface area contributed by atoms with E-state index in [1.165, 1.54) is 0 Å². The Morgan fingerprint density at radius 1 is 1.07 bits per heavy atom. The summed E-state index contributed by atoms with van der Waals surface area (Å²) in [6, 6.07) is 10.7. The monoisotopic (exact) mass is 387 g/mol. The van der Waals surface area contributed by atoms with Gasteiger partial charge in [-0.1, -0.05) is 12.1 Å². The molecule has 0 saturated heterocycles. The molecule has 2 aromatic carbocycles. The van der Waals surface area contributed by atoms with E-state index in [-0.39, 0.29) is 19.1 Å². The van der Waals surface area contributed by atoms with E-state index in [9.17, 15) is 14.7 Å². The number of rotatable bonds is 9. The summed E-state index contributed by atoms with van der Waals surface area (Å²) in [4.78, 5) is 23.0. The van der Waals surface area contributed by atoms with E-state index in [0.29, 0.717) is 28.2 Å². The second kappa shape index (κ2) is 9.75. The third-order valence-corrected chi connectivity index (χ3v) is 3.99. The summed E-state index contributed by atoms with van der Waals surface area (Å²) >= 11 is 0. The topological polar surface area (TPSA) is 105 Å².